The van der Waals surface area contributed by atoms with Crippen molar-refractivity contribution in [1.29, 1.82) is 0 Å². The molecule has 1 aliphatic rings. The lowest BCUT2D eigenvalue weighted by atomic mass is 10.1. The van der Waals surface area contributed by atoms with Crippen LogP contribution in [0.15, 0.2) is 23.2 Å². The Labute approximate surface area is 152 Å². The van der Waals surface area contributed by atoms with Gasteiger partial charge in [-0.05, 0) is 51.3 Å². The predicted molar refractivity (Wildman–Crippen MR) is 105 cm³/mol. The van der Waals surface area contributed by atoms with E-state index in [4.69, 9.17) is 9.73 Å². The van der Waals surface area contributed by atoms with Gasteiger partial charge in [0.25, 0.3) is 0 Å². The Kier molecular flexibility index (Phi) is 8.22. The molecule has 0 radical (unpaired) electrons. The van der Waals surface area contributed by atoms with Crippen LogP contribution in [0.25, 0.3) is 0 Å². The molecule has 0 amide bonds. The number of aryl methyl sites for hydroxylation is 2. The van der Waals surface area contributed by atoms with Crippen molar-refractivity contribution in [2.45, 2.75) is 46.2 Å². The van der Waals surface area contributed by atoms with Crippen molar-refractivity contribution >= 4 is 5.96 Å². The third kappa shape index (κ3) is 6.33. The second-order valence-corrected chi connectivity index (χ2v) is 6.83. The minimum absolute atomic E-state index is 0.570. The van der Waals surface area contributed by atoms with Gasteiger partial charge in [0.05, 0.1) is 13.2 Å². The van der Waals surface area contributed by atoms with Gasteiger partial charge >= 0.3 is 0 Å². The molecule has 1 heterocycles. The average molecular weight is 347 g/mol. The Morgan fingerprint density at radius 1 is 1.32 bits per heavy atom. The average Bonchev–Trinajstić information content (AvgIpc) is 3.04. The van der Waals surface area contributed by atoms with E-state index in [1.54, 1.807) is 7.11 Å². The zero-order valence-corrected chi connectivity index (χ0v) is 16.3. The zero-order chi connectivity index (χ0) is 18.1. The number of guanidine groups is 1. The molecule has 0 aromatic heterocycles. The summed E-state index contributed by atoms with van der Waals surface area (Å²) < 4.78 is 5.23. The van der Waals surface area contributed by atoms with E-state index in [1.165, 1.54) is 36.1 Å². The highest BCUT2D eigenvalue weighted by molar-refractivity contribution is 5.79. The number of aliphatic imine (C=N–C) groups is 1. The molecule has 0 aliphatic carbocycles. The number of hydrogen-bond acceptors (Lipinski definition) is 3. The predicted octanol–water partition coefficient (Wildman–Crippen LogP) is 2.47. The molecule has 0 saturated carbocycles. The monoisotopic (exact) mass is 346 g/mol. The van der Waals surface area contributed by atoms with E-state index < -0.39 is 0 Å². The summed E-state index contributed by atoms with van der Waals surface area (Å²) in [5.74, 6) is 0.904. The molecule has 25 heavy (non-hydrogen) atoms. The molecule has 1 atom stereocenters. The van der Waals surface area contributed by atoms with Crippen molar-refractivity contribution < 1.29 is 4.74 Å². The largest absolute Gasteiger partial charge is 0.383 e. The van der Waals surface area contributed by atoms with Crippen molar-refractivity contribution in [3.63, 3.8) is 0 Å². The van der Waals surface area contributed by atoms with Crippen molar-refractivity contribution in [1.82, 2.24) is 15.5 Å². The maximum Gasteiger partial charge on any atom is 0.191 e. The lowest BCUT2D eigenvalue weighted by Crippen LogP contribution is -2.45. The van der Waals surface area contributed by atoms with Crippen LogP contribution < -0.4 is 10.6 Å². The molecule has 0 bridgehead atoms. The second kappa shape index (κ2) is 10.4. The molecule has 1 unspecified atom stereocenters. The summed E-state index contributed by atoms with van der Waals surface area (Å²) in [4.78, 5) is 7.29. The molecule has 1 saturated heterocycles. The first-order chi connectivity index (χ1) is 12.1. The minimum atomic E-state index is 0.570. The van der Waals surface area contributed by atoms with Gasteiger partial charge in [-0.1, -0.05) is 23.8 Å². The highest BCUT2D eigenvalue weighted by Gasteiger charge is 2.23. The van der Waals surface area contributed by atoms with Crippen LogP contribution in [-0.4, -0.2) is 56.8 Å². The first-order valence-corrected chi connectivity index (χ1v) is 9.45. The van der Waals surface area contributed by atoms with Crippen LogP contribution in [0.2, 0.25) is 0 Å². The number of ether oxygens (including phenoxy) is 1. The number of methoxy groups -OCH3 is 1. The van der Waals surface area contributed by atoms with Crippen LogP contribution in [0.3, 0.4) is 0 Å². The maximum atomic E-state index is 5.23. The Morgan fingerprint density at radius 3 is 2.88 bits per heavy atom. The third-order valence-corrected chi connectivity index (χ3v) is 4.84. The Hall–Kier alpha value is -1.59. The molecule has 5 nitrogen and oxygen atoms in total. The highest BCUT2D eigenvalue weighted by atomic mass is 16.5. The SMILES string of the molecule is CCNC(=NCc1ccc(C)cc1C)NCC1CCCN1CCOC. The van der Waals surface area contributed by atoms with Crippen molar-refractivity contribution in [2.75, 3.05) is 39.9 Å². The second-order valence-electron chi connectivity index (χ2n) is 6.83. The van der Waals surface area contributed by atoms with Crippen molar-refractivity contribution in [3.05, 3.63) is 34.9 Å². The number of rotatable bonds is 8. The van der Waals surface area contributed by atoms with Crippen LogP contribution in [0.4, 0.5) is 0 Å². The summed E-state index contributed by atoms with van der Waals surface area (Å²) in [6, 6.07) is 7.13. The van der Waals surface area contributed by atoms with Crippen molar-refractivity contribution in [2.24, 2.45) is 4.99 Å². The van der Waals surface area contributed by atoms with Crippen LogP contribution in [0.5, 0.6) is 0 Å². The number of nitrogens with one attached hydrogen (secondary N) is 2. The molecule has 1 fully saturated rings. The van der Waals surface area contributed by atoms with Crippen LogP contribution in [-0.2, 0) is 11.3 Å². The highest BCUT2D eigenvalue weighted by Crippen LogP contribution is 2.16. The fraction of sp³-hybridized carbons (Fsp3) is 0.650. The first kappa shape index (κ1) is 19.7. The third-order valence-electron chi connectivity index (χ3n) is 4.84. The summed E-state index contributed by atoms with van der Waals surface area (Å²) in [5, 5.41) is 6.89. The summed E-state index contributed by atoms with van der Waals surface area (Å²) >= 11 is 0. The molecule has 0 spiro atoms. The topological polar surface area (TPSA) is 48.9 Å². The van der Waals surface area contributed by atoms with E-state index in [1.807, 2.05) is 0 Å². The van der Waals surface area contributed by atoms with E-state index in [-0.39, 0.29) is 0 Å². The van der Waals surface area contributed by atoms with Gasteiger partial charge in [-0.2, -0.15) is 0 Å². The lowest BCUT2D eigenvalue weighted by molar-refractivity contribution is 0.141. The van der Waals surface area contributed by atoms with Gasteiger partial charge in [0.2, 0.25) is 0 Å². The van der Waals surface area contributed by atoms with Crippen molar-refractivity contribution in [3.8, 4) is 0 Å². The van der Waals surface area contributed by atoms with E-state index in [2.05, 4.69) is 54.5 Å². The fourth-order valence-corrected chi connectivity index (χ4v) is 3.37. The van der Waals surface area contributed by atoms with Gasteiger partial charge in [-0.3, -0.25) is 4.90 Å². The standard InChI is InChI=1S/C20H34N4O/c1-5-21-20(22-14-18-9-8-16(2)13-17(18)3)23-15-19-7-6-10-24(19)11-12-25-4/h8-9,13,19H,5-7,10-12,14-15H2,1-4H3,(H2,21,22,23). The van der Waals surface area contributed by atoms with Crippen LogP contribution in [0.1, 0.15) is 36.5 Å². The van der Waals surface area contributed by atoms with E-state index in [9.17, 15) is 0 Å². The van der Waals surface area contributed by atoms with Gasteiger partial charge < -0.3 is 15.4 Å². The summed E-state index contributed by atoms with van der Waals surface area (Å²) in [6.45, 7) is 11.9. The zero-order valence-electron chi connectivity index (χ0n) is 16.3. The molecule has 140 valence electrons. The van der Waals surface area contributed by atoms with Gasteiger partial charge in [-0.15, -0.1) is 0 Å². The molecular weight excluding hydrogens is 312 g/mol. The van der Waals surface area contributed by atoms with Gasteiger partial charge in [0.1, 0.15) is 0 Å². The number of hydrogen-bond donors (Lipinski definition) is 2. The summed E-state index contributed by atoms with van der Waals surface area (Å²) in [7, 11) is 1.77. The maximum absolute atomic E-state index is 5.23. The van der Waals surface area contributed by atoms with Crippen LogP contribution in [0, 0.1) is 13.8 Å². The molecule has 1 aliphatic heterocycles. The minimum Gasteiger partial charge on any atom is -0.383 e. The fourth-order valence-electron chi connectivity index (χ4n) is 3.37. The molecule has 1 aromatic rings. The number of benzene rings is 1. The quantitative estimate of drug-likeness (QED) is 0.561. The molecular formula is C20H34N4O. The Morgan fingerprint density at radius 2 is 2.16 bits per heavy atom. The van der Waals surface area contributed by atoms with E-state index >= 15 is 0 Å². The van der Waals surface area contributed by atoms with E-state index in [0.29, 0.717) is 12.6 Å². The first-order valence-electron chi connectivity index (χ1n) is 9.45. The smallest absolute Gasteiger partial charge is 0.191 e. The molecule has 2 rings (SSSR count). The Balaban J connectivity index is 1.91. The molecule has 5 heteroatoms. The van der Waals surface area contributed by atoms with E-state index in [0.717, 1.165) is 32.2 Å². The normalized spacial score (nSPS) is 18.6. The molecule has 1 aromatic carbocycles. The molecule has 2 N–H and O–H groups in total. The van der Waals surface area contributed by atoms with Gasteiger partial charge in [-0.25, -0.2) is 4.99 Å². The Bertz CT molecular complexity index is 559. The number of nitrogens with zero attached hydrogens (tertiary/aromatic N) is 2. The van der Waals surface area contributed by atoms with Gasteiger partial charge in [0.15, 0.2) is 5.96 Å². The summed E-state index contributed by atoms with van der Waals surface area (Å²) in [5.41, 5.74) is 3.89. The number of likely N-dealkylation sites (tertiary alicyclic amines) is 1. The van der Waals surface area contributed by atoms with Gasteiger partial charge in [0, 0.05) is 32.8 Å². The summed E-state index contributed by atoms with van der Waals surface area (Å²) in [6.07, 6.45) is 2.51. The lowest BCUT2D eigenvalue weighted by Gasteiger charge is -2.25. The van der Waals surface area contributed by atoms with Crippen LogP contribution >= 0.6 is 0 Å².